The van der Waals surface area contributed by atoms with Gasteiger partial charge in [-0.05, 0) is 40.3 Å². The molecular formula is C17H21N7O2. The standard InChI is InChI=1S/C17H21N7O2/c1-25-14-4-2-13(3-5-14)15(23-8-10-26-11-9-23)12-18-16-6-7-17-19-21-22-24(17)20-16/h2-7,15H,8-12H2,1H3,(H,18,20). The lowest BCUT2D eigenvalue weighted by Gasteiger charge is -2.35. The number of ether oxygens (including phenoxy) is 2. The zero-order valence-corrected chi connectivity index (χ0v) is 14.6. The Morgan fingerprint density at radius 1 is 1.15 bits per heavy atom. The Kier molecular flexibility index (Phi) is 4.89. The number of rotatable bonds is 6. The van der Waals surface area contributed by atoms with Crippen molar-refractivity contribution in [2.75, 3.05) is 45.3 Å². The summed E-state index contributed by atoms with van der Waals surface area (Å²) in [4.78, 5) is 2.42. The van der Waals surface area contributed by atoms with E-state index in [4.69, 9.17) is 9.47 Å². The van der Waals surface area contributed by atoms with Crippen LogP contribution in [-0.4, -0.2) is 70.1 Å². The van der Waals surface area contributed by atoms with E-state index >= 15 is 0 Å². The van der Waals surface area contributed by atoms with Crippen molar-refractivity contribution >= 4 is 11.5 Å². The molecule has 136 valence electrons. The van der Waals surface area contributed by atoms with Crippen LogP contribution in [0.5, 0.6) is 5.75 Å². The number of methoxy groups -OCH3 is 1. The highest BCUT2D eigenvalue weighted by Gasteiger charge is 2.22. The maximum atomic E-state index is 5.50. The second kappa shape index (κ2) is 7.63. The van der Waals surface area contributed by atoms with Crippen LogP contribution in [0.25, 0.3) is 5.65 Å². The average molecular weight is 355 g/mol. The Bertz CT molecular complexity index is 846. The highest BCUT2D eigenvalue weighted by atomic mass is 16.5. The van der Waals surface area contributed by atoms with Gasteiger partial charge in [-0.15, -0.1) is 14.8 Å². The lowest BCUT2D eigenvalue weighted by atomic mass is 10.0. The average Bonchev–Trinajstić information content (AvgIpc) is 3.17. The number of nitrogens with one attached hydrogen (secondary N) is 1. The summed E-state index contributed by atoms with van der Waals surface area (Å²) in [7, 11) is 1.68. The number of aromatic nitrogens is 5. The van der Waals surface area contributed by atoms with Gasteiger partial charge in [0.05, 0.1) is 26.4 Å². The maximum absolute atomic E-state index is 5.50. The van der Waals surface area contributed by atoms with Crippen LogP contribution in [0.4, 0.5) is 5.82 Å². The van der Waals surface area contributed by atoms with Crippen LogP contribution in [0.1, 0.15) is 11.6 Å². The van der Waals surface area contributed by atoms with Crippen LogP contribution in [0.15, 0.2) is 36.4 Å². The predicted octanol–water partition coefficient (Wildman–Crippen LogP) is 1.01. The van der Waals surface area contributed by atoms with Gasteiger partial charge in [-0.2, -0.15) is 0 Å². The molecule has 3 aromatic rings. The monoisotopic (exact) mass is 355 g/mol. The lowest BCUT2D eigenvalue weighted by molar-refractivity contribution is 0.0187. The van der Waals surface area contributed by atoms with Gasteiger partial charge in [0.25, 0.3) is 0 Å². The summed E-state index contributed by atoms with van der Waals surface area (Å²) in [6.45, 7) is 4.02. The van der Waals surface area contributed by atoms with Gasteiger partial charge in [0, 0.05) is 19.6 Å². The van der Waals surface area contributed by atoms with Gasteiger partial charge in [-0.25, -0.2) is 0 Å². The normalized spacial score (nSPS) is 16.5. The molecule has 1 aliphatic rings. The molecule has 0 amide bonds. The summed E-state index contributed by atoms with van der Waals surface area (Å²) in [5.41, 5.74) is 1.85. The molecule has 2 aromatic heterocycles. The molecule has 3 heterocycles. The first kappa shape index (κ1) is 16.7. The highest BCUT2D eigenvalue weighted by molar-refractivity contribution is 5.42. The number of tetrazole rings is 1. The second-order valence-corrected chi connectivity index (χ2v) is 6.06. The fourth-order valence-corrected chi connectivity index (χ4v) is 3.12. The fourth-order valence-electron chi connectivity index (χ4n) is 3.12. The first-order valence-corrected chi connectivity index (χ1v) is 8.58. The number of anilines is 1. The molecule has 4 rings (SSSR count). The number of nitrogens with zero attached hydrogens (tertiary/aromatic N) is 6. The molecule has 0 aliphatic carbocycles. The van der Waals surface area contributed by atoms with Gasteiger partial charge in [-0.1, -0.05) is 12.1 Å². The van der Waals surface area contributed by atoms with E-state index in [0.29, 0.717) is 12.2 Å². The summed E-state index contributed by atoms with van der Waals surface area (Å²) in [5.74, 6) is 1.59. The van der Waals surface area contributed by atoms with Crippen molar-refractivity contribution in [3.8, 4) is 5.75 Å². The van der Waals surface area contributed by atoms with Gasteiger partial charge in [0.15, 0.2) is 5.65 Å². The minimum atomic E-state index is 0.205. The Balaban J connectivity index is 1.53. The van der Waals surface area contributed by atoms with E-state index in [-0.39, 0.29) is 6.04 Å². The Morgan fingerprint density at radius 2 is 1.96 bits per heavy atom. The fraction of sp³-hybridized carbons (Fsp3) is 0.412. The van der Waals surface area contributed by atoms with E-state index in [2.05, 4.69) is 43.0 Å². The first-order valence-electron chi connectivity index (χ1n) is 8.58. The second-order valence-electron chi connectivity index (χ2n) is 6.06. The summed E-state index contributed by atoms with van der Waals surface area (Å²) in [5, 5.41) is 19.1. The van der Waals surface area contributed by atoms with Crippen molar-refractivity contribution in [2.24, 2.45) is 0 Å². The zero-order valence-electron chi connectivity index (χ0n) is 14.6. The number of hydrogen-bond acceptors (Lipinski definition) is 8. The molecule has 1 N–H and O–H groups in total. The van der Waals surface area contributed by atoms with E-state index in [0.717, 1.165) is 37.9 Å². The predicted molar refractivity (Wildman–Crippen MR) is 95.2 cm³/mol. The molecule has 0 spiro atoms. The van der Waals surface area contributed by atoms with Crippen molar-refractivity contribution in [1.29, 1.82) is 0 Å². The van der Waals surface area contributed by atoms with Crippen LogP contribution in [0, 0.1) is 0 Å². The summed E-state index contributed by atoms with van der Waals surface area (Å²) < 4.78 is 12.2. The summed E-state index contributed by atoms with van der Waals surface area (Å²) in [6, 6.07) is 12.1. The van der Waals surface area contributed by atoms with E-state index in [9.17, 15) is 0 Å². The molecule has 1 fully saturated rings. The third-order valence-electron chi connectivity index (χ3n) is 4.53. The molecule has 0 saturated carbocycles. The van der Waals surface area contributed by atoms with Crippen LogP contribution >= 0.6 is 0 Å². The number of morpholine rings is 1. The zero-order chi connectivity index (χ0) is 17.8. The van der Waals surface area contributed by atoms with Crippen LogP contribution < -0.4 is 10.1 Å². The molecule has 0 radical (unpaired) electrons. The Hall–Kier alpha value is -2.78. The van der Waals surface area contributed by atoms with E-state index in [1.54, 1.807) is 7.11 Å². The van der Waals surface area contributed by atoms with E-state index in [1.807, 2.05) is 24.3 Å². The van der Waals surface area contributed by atoms with Crippen molar-refractivity contribution in [2.45, 2.75) is 6.04 Å². The molecule has 9 nitrogen and oxygen atoms in total. The molecular weight excluding hydrogens is 334 g/mol. The quantitative estimate of drug-likeness (QED) is 0.701. The maximum Gasteiger partial charge on any atom is 0.200 e. The SMILES string of the molecule is COc1ccc(C(CNc2ccc3nnnn3n2)N2CCOCC2)cc1. The van der Waals surface area contributed by atoms with Gasteiger partial charge in [0.1, 0.15) is 11.6 Å². The lowest BCUT2D eigenvalue weighted by Crippen LogP contribution is -2.41. The molecule has 1 unspecified atom stereocenters. The number of fused-ring (bicyclic) bond motifs is 1. The van der Waals surface area contributed by atoms with E-state index < -0.39 is 0 Å². The van der Waals surface area contributed by atoms with E-state index in [1.165, 1.54) is 10.2 Å². The molecule has 9 heteroatoms. The van der Waals surface area contributed by atoms with Gasteiger partial charge in [-0.3, -0.25) is 4.90 Å². The minimum absolute atomic E-state index is 0.205. The third-order valence-corrected chi connectivity index (χ3v) is 4.53. The van der Waals surface area contributed by atoms with Crippen LogP contribution in [0.3, 0.4) is 0 Å². The molecule has 1 atom stereocenters. The van der Waals surface area contributed by atoms with Gasteiger partial charge < -0.3 is 14.8 Å². The topological polar surface area (TPSA) is 89.7 Å². The Morgan fingerprint density at radius 3 is 2.73 bits per heavy atom. The molecule has 1 aliphatic heterocycles. The van der Waals surface area contributed by atoms with Gasteiger partial charge in [0.2, 0.25) is 0 Å². The summed E-state index contributed by atoms with van der Waals surface area (Å²) >= 11 is 0. The third kappa shape index (κ3) is 3.58. The Labute approximate surface area is 150 Å². The minimum Gasteiger partial charge on any atom is -0.497 e. The van der Waals surface area contributed by atoms with Crippen molar-refractivity contribution in [3.05, 3.63) is 42.0 Å². The molecule has 1 saturated heterocycles. The van der Waals surface area contributed by atoms with Crippen LogP contribution in [-0.2, 0) is 4.74 Å². The van der Waals surface area contributed by atoms with Crippen molar-refractivity contribution < 1.29 is 9.47 Å². The summed E-state index contributed by atoms with van der Waals surface area (Å²) in [6.07, 6.45) is 0. The van der Waals surface area contributed by atoms with Crippen molar-refractivity contribution in [3.63, 3.8) is 0 Å². The van der Waals surface area contributed by atoms with Crippen molar-refractivity contribution in [1.82, 2.24) is 30.2 Å². The number of benzene rings is 1. The molecule has 1 aromatic carbocycles. The number of hydrogen-bond donors (Lipinski definition) is 1. The van der Waals surface area contributed by atoms with Crippen LogP contribution in [0.2, 0.25) is 0 Å². The molecule has 26 heavy (non-hydrogen) atoms. The molecule has 0 bridgehead atoms. The smallest absolute Gasteiger partial charge is 0.200 e. The first-order chi connectivity index (χ1) is 12.8. The van der Waals surface area contributed by atoms with Gasteiger partial charge >= 0.3 is 0 Å². The highest BCUT2D eigenvalue weighted by Crippen LogP contribution is 2.24. The largest absolute Gasteiger partial charge is 0.497 e.